The van der Waals surface area contributed by atoms with Gasteiger partial charge >= 0.3 is 0 Å². The van der Waals surface area contributed by atoms with Crippen LogP contribution in [0.3, 0.4) is 0 Å². The van der Waals surface area contributed by atoms with E-state index in [4.69, 9.17) is 4.74 Å². The van der Waals surface area contributed by atoms with Crippen LogP contribution in [-0.2, 0) is 18.0 Å². The number of rotatable bonds is 2. The normalized spacial score (nSPS) is 15.9. The fourth-order valence-electron chi connectivity index (χ4n) is 2.00. The minimum atomic E-state index is 0.260. The van der Waals surface area contributed by atoms with Gasteiger partial charge in [-0.05, 0) is 49.6 Å². The molecule has 1 aliphatic rings. The number of alkyl halides is 1. The van der Waals surface area contributed by atoms with Crippen molar-refractivity contribution in [3.63, 3.8) is 0 Å². The van der Waals surface area contributed by atoms with E-state index in [1.807, 2.05) is 0 Å². The maximum Gasteiger partial charge on any atom is 0.0725 e. The first-order chi connectivity index (χ1) is 8.24. The number of hydrogen-bond donors (Lipinski definition) is 0. The average Bonchev–Trinajstić information content (AvgIpc) is 2.95. The lowest BCUT2D eigenvalue weighted by atomic mass is 10.0. The van der Waals surface area contributed by atoms with Crippen molar-refractivity contribution in [2.24, 2.45) is 0 Å². The van der Waals surface area contributed by atoms with Crippen LogP contribution >= 0.6 is 43.2 Å². The van der Waals surface area contributed by atoms with Crippen molar-refractivity contribution in [1.29, 1.82) is 0 Å². The van der Waals surface area contributed by atoms with E-state index >= 15 is 0 Å². The predicted octanol–water partition coefficient (Wildman–Crippen LogP) is 5.03. The molecule has 0 saturated heterocycles. The Hall–Kier alpha value is -0.160. The molecule has 1 aromatic heterocycles. The Balaban J connectivity index is 1.94. The smallest absolute Gasteiger partial charge is 0.0725 e. The molecule has 1 aliphatic heterocycles. The number of ether oxygens (including phenoxy) is 1. The van der Waals surface area contributed by atoms with Crippen LogP contribution in [-0.4, -0.2) is 0 Å². The van der Waals surface area contributed by atoms with Crippen LogP contribution in [0.4, 0.5) is 0 Å². The summed E-state index contributed by atoms with van der Waals surface area (Å²) >= 11 is 8.98. The third-order valence-corrected chi connectivity index (χ3v) is 5.50. The van der Waals surface area contributed by atoms with Gasteiger partial charge in [0.2, 0.25) is 0 Å². The fourth-order valence-corrected chi connectivity index (χ4v) is 3.92. The first-order valence-corrected chi connectivity index (χ1v) is 7.90. The Morgan fingerprint density at radius 2 is 1.94 bits per heavy atom. The van der Waals surface area contributed by atoms with Gasteiger partial charge in [0.1, 0.15) is 0 Å². The predicted molar refractivity (Wildman–Crippen MR) is 77.7 cm³/mol. The molecule has 0 N–H and O–H groups in total. The van der Waals surface area contributed by atoms with Crippen LogP contribution in [0.25, 0.3) is 0 Å². The molecule has 0 saturated carbocycles. The second-order valence-corrected chi connectivity index (χ2v) is 7.27. The maximum absolute atomic E-state index is 5.44. The van der Waals surface area contributed by atoms with Crippen molar-refractivity contribution < 1.29 is 4.74 Å². The molecule has 2 aromatic rings. The van der Waals surface area contributed by atoms with Gasteiger partial charge in [0, 0.05) is 0 Å². The minimum Gasteiger partial charge on any atom is -0.372 e. The average molecular weight is 374 g/mol. The molecule has 0 amide bonds. The third kappa shape index (κ3) is 2.36. The number of halogens is 2. The highest BCUT2D eigenvalue weighted by molar-refractivity contribution is 9.11. The molecule has 0 bridgehead atoms. The first kappa shape index (κ1) is 11.9. The molecule has 1 nitrogen and oxygen atoms in total. The minimum absolute atomic E-state index is 0.260. The van der Waals surface area contributed by atoms with Gasteiger partial charge in [-0.15, -0.1) is 11.3 Å². The Morgan fingerprint density at radius 3 is 2.71 bits per heavy atom. The zero-order valence-electron chi connectivity index (χ0n) is 8.95. The summed E-state index contributed by atoms with van der Waals surface area (Å²) in [5, 5.41) is 2.17. The van der Waals surface area contributed by atoms with Gasteiger partial charge in [-0.1, -0.05) is 34.1 Å². The van der Waals surface area contributed by atoms with Crippen molar-refractivity contribution in [3.8, 4) is 0 Å². The molecule has 1 aromatic carbocycles. The maximum atomic E-state index is 5.44. The van der Waals surface area contributed by atoms with E-state index in [0.717, 1.165) is 13.2 Å². The Morgan fingerprint density at radius 1 is 1.12 bits per heavy atom. The number of benzene rings is 1. The molecule has 0 radical (unpaired) electrons. The fraction of sp³-hybridized carbons (Fsp3) is 0.231. The Kier molecular flexibility index (Phi) is 3.39. The van der Waals surface area contributed by atoms with Crippen LogP contribution in [0.1, 0.15) is 27.1 Å². The van der Waals surface area contributed by atoms with Crippen molar-refractivity contribution in [1.82, 2.24) is 0 Å². The molecular weight excluding hydrogens is 364 g/mol. The van der Waals surface area contributed by atoms with Gasteiger partial charge in [-0.25, -0.2) is 0 Å². The summed E-state index contributed by atoms with van der Waals surface area (Å²) < 4.78 is 6.61. The van der Waals surface area contributed by atoms with Crippen molar-refractivity contribution in [2.75, 3.05) is 0 Å². The highest BCUT2D eigenvalue weighted by Gasteiger charge is 2.16. The molecule has 2 heterocycles. The van der Waals surface area contributed by atoms with E-state index in [0.29, 0.717) is 0 Å². The molecule has 0 aliphatic carbocycles. The standard InChI is InChI=1S/C13H10Br2OS/c14-12-4-11(7-17-12)13(15)8-1-2-9-5-16-6-10(9)3-8/h1-4,7,13H,5-6H2. The van der Waals surface area contributed by atoms with Gasteiger partial charge in [-0.3, -0.25) is 0 Å². The van der Waals surface area contributed by atoms with E-state index in [2.05, 4.69) is 61.5 Å². The van der Waals surface area contributed by atoms with E-state index in [-0.39, 0.29) is 4.83 Å². The lowest BCUT2D eigenvalue weighted by molar-refractivity contribution is 0.134. The molecule has 17 heavy (non-hydrogen) atoms. The molecule has 4 heteroatoms. The Bertz CT molecular complexity index is 550. The second-order valence-electron chi connectivity index (χ2n) is 4.07. The van der Waals surface area contributed by atoms with Crippen LogP contribution in [0.2, 0.25) is 0 Å². The molecule has 0 fully saturated rings. The van der Waals surface area contributed by atoms with E-state index < -0.39 is 0 Å². The summed E-state index contributed by atoms with van der Waals surface area (Å²) in [6.07, 6.45) is 0. The molecule has 0 spiro atoms. The summed E-state index contributed by atoms with van der Waals surface area (Å²) in [4.78, 5) is 0.260. The molecule has 1 unspecified atom stereocenters. The van der Waals surface area contributed by atoms with Gasteiger partial charge in [0.25, 0.3) is 0 Å². The zero-order chi connectivity index (χ0) is 11.8. The largest absolute Gasteiger partial charge is 0.372 e. The van der Waals surface area contributed by atoms with Crippen molar-refractivity contribution in [3.05, 3.63) is 55.7 Å². The monoisotopic (exact) mass is 372 g/mol. The SMILES string of the molecule is Brc1cc(C(Br)c2ccc3c(c2)COC3)cs1. The van der Waals surface area contributed by atoms with E-state index in [9.17, 15) is 0 Å². The third-order valence-electron chi connectivity index (χ3n) is 2.92. The number of hydrogen-bond acceptors (Lipinski definition) is 2. The van der Waals surface area contributed by atoms with Crippen LogP contribution in [0.15, 0.2) is 33.4 Å². The van der Waals surface area contributed by atoms with Gasteiger partial charge in [-0.2, -0.15) is 0 Å². The second kappa shape index (κ2) is 4.84. The van der Waals surface area contributed by atoms with Gasteiger partial charge < -0.3 is 4.74 Å². The van der Waals surface area contributed by atoms with Crippen LogP contribution in [0, 0.1) is 0 Å². The lowest BCUT2D eigenvalue weighted by Crippen LogP contribution is -1.93. The van der Waals surface area contributed by atoms with E-state index in [1.54, 1.807) is 11.3 Å². The zero-order valence-corrected chi connectivity index (χ0v) is 12.9. The molecule has 1 atom stereocenters. The van der Waals surface area contributed by atoms with Crippen LogP contribution in [0.5, 0.6) is 0 Å². The Labute approximate surface area is 121 Å². The first-order valence-electron chi connectivity index (χ1n) is 5.31. The quantitative estimate of drug-likeness (QED) is 0.671. The van der Waals surface area contributed by atoms with Crippen LogP contribution < -0.4 is 0 Å². The summed E-state index contributed by atoms with van der Waals surface area (Å²) in [6.45, 7) is 1.50. The summed E-state index contributed by atoms with van der Waals surface area (Å²) in [5.74, 6) is 0. The molecule has 88 valence electrons. The van der Waals surface area contributed by atoms with E-state index in [1.165, 1.54) is 26.0 Å². The van der Waals surface area contributed by atoms with Gasteiger partial charge in [0.15, 0.2) is 0 Å². The summed E-state index contributed by atoms with van der Waals surface area (Å²) in [5.41, 5.74) is 5.22. The van der Waals surface area contributed by atoms with Crippen molar-refractivity contribution >= 4 is 43.2 Å². The summed E-state index contributed by atoms with van der Waals surface area (Å²) in [7, 11) is 0. The lowest BCUT2D eigenvalue weighted by Gasteiger charge is -2.09. The molecular formula is C13H10Br2OS. The molecule has 3 rings (SSSR count). The summed E-state index contributed by atoms with van der Waals surface area (Å²) in [6, 6.07) is 8.76. The highest BCUT2D eigenvalue weighted by Crippen LogP contribution is 2.36. The highest BCUT2D eigenvalue weighted by atomic mass is 79.9. The van der Waals surface area contributed by atoms with Gasteiger partial charge in [0.05, 0.1) is 21.8 Å². The topological polar surface area (TPSA) is 9.23 Å². The number of thiophene rings is 1. The van der Waals surface area contributed by atoms with Crippen molar-refractivity contribution in [2.45, 2.75) is 18.0 Å². The number of fused-ring (bicyclic) bond motifs is 1.